The molecule has 0 saturated heterocycles. The van der Waals surface area contributed by atoms with E-state index in [1.165, 1.54) is 6.07 Å². The van der Waals surface area contributed by atoms with E-state index < -0.39 is 5.95 Å². The Hall–Kier alpha value is -1.12. The zero-order valence-corrected chi connectivity index (χ0v) is 7.47. The lowest BCUT2D eigenvalue weighted by Gasteiger charge is -2.09. The lowest BCUT2D eigenvalue weighted by Crippen LogP contribution is -2.06. The SMILES string of the molecule is Cc1cc(OC(C)C)cc(F)n1. The van der Waals surface area contributed by atoms with Crippen molar-refractivity contribution in [2.75, 3.05) is 0 Å². The highest BCUT2D eigenvalue weighted by Gasteiger charge is 2.01. The van der Waals surface area contributed by atoms with Crippen LogP contribution in [-0.2, 0) is 0 Å². The van der Waals surface area contributed by atoms with Crippen LogP contribution in [0.1, 0.15) is 19.5 Å². The molecule has 0 unspecified atom stereocenters. The van der Waals surface area contributed by atoms with Crippen LogP contribution in [0.25, 0.3) is 0 Å². The van der Waals surface area contributed by atoms with E-state index in [9.17, 15) is 4.39 Å². The summed E-state index contributed by atoms with van der Waals surface area (Å²) in [7, 11) is 0. The predicted molar refractivity (Wildman–Crippen MR) is 44.7 cm³/mol. The number of rotatable bonds is 2. The molecule has 0 N–H and O–H groups in total. The van der Waals surface area contributed by atoms with Gasteiger partial charge in [0.25, 0.3) is 0 Å². The fraction of sp³-hybridized carbons (Fsp3) is 0.444. The van der Waals surface area contributed by atoms with E-state index in [4.69, 9.17) is 4.74 Å². The summed E-state index contributed by atoms with van der Waals surface area (Å²) in [5, 5.41) is 0. The molecule has 0 aliphatic rings. The van der Waals surface area contributed by atoms with Crippen LogP contribution in [0.4, 0.5) is 4.39 Å². The second-order valence-electron chi connectivity index (χ2n) is 2.93. The number of hydrogen-bond acceptors (Lipinski definition) is 2. The highest BCUT2D eigenvalue weighted by molar-refractivity contribution is 5.22. The summed E-state index contributed by atoms with van der Waals surface area (Å²) in [6, 6.07) is 3.00. The molecule has 0 aliphatic heterocycles. The average molecular weight is 169 g/mol. The van der Waals surface area contributed by atoms with E-state index in [0.29, 0.717) is 11.4 Å². The second-order valence-corrected chi connectivity index (χ2v) is 2.93. The molecular weight excluding hydrogens is 157 g/mol. The number of aryl methyl sites for hydroxylation is 1. The topological polar surface area (TPSA) is 22.1 Å². The van der Waals surface area contributed by atoms with Gasteiger partial charge in [0.15, 0.2) is 0 Å². The summed E-state index contributed by atoms with van der Waals surface area (Å²) in [4.78, 5) is 3.59. The molecule has 0 spiro atoms. The molecule has 1 heterocycles. The lowest BCUT2D eigenvalue weighted by molar-refractivity contribution is 0.240. The molecule has 0 fully saturated rings. The monoisotopic (exact) mass is 169 g/mol. The van der Waals surface area contributed by atoms with Crippen LogP contribution < -0.4 is 4.74 Å². The van der Waals surface area contributed by atoms with Crippen molar-refractivity contribution < 1.29 is 9.13 Å². The summed E-state index contributed by atoms with van der Waals surface area (Å²) in [6.07, 6.45) is 0.0613. The first-order valence-corrected chi connectivity index (χ1v) is 3.89. The molecule has 1 rings (SSSR count). The molecule has 0 radical (unpaired) electrons. The van der Waals surface area contributed by atoms with Crippen molar-refractivity contribution in [3.05, 3.63) is 23.8 Å². The van der Waals surface area contributed by atoms with Gasteiger partial charge in [-0.3, -0.25) is 0 Å². The van der Waals surface area contributed by atoms with Gasteiger partial charge in [-0.05, 0) is 20.8 Å². The predicted octanol–water partition coefficient (Wildman–Crippen LogP) is 2.32. The number of ether oxygens (including phenoxy) is 1. The minimum atomic E-state index is -0.495. The van der Waals surface area contributed by atoms with Gasteiger partial charge in [0.05, 0.1) is 6.10 Å². The van der Waals surface area contributed by atoms with Crippen LogP contribution >= 0.6 is 0 Å². The molecule has 0 aliphatic carbocycles. The van der Waals surface area contributed by atoms with Gasteiger partial charge in [-0.2, -0.15) is 4.39 Å². The summed E-state index contributed by atoms with van der Waals surface area (Å²) in [5.41, 5.74) is 0.630. The van der Waals surface area contributed by atoms with Crippen molar-refractivity contribution in [1.29, 1.82) is 0 Å². The van der Waals surface area contributed by atoms with Crippen molar-refractivity contribution in [1.82, 2.24) is 4.98 Å². The molecule has 3 heteroatoms. The smallest absolute Gasteiger partial charge is 0.216 e. The zero-order chi connectivity index (χ0) is 9.14. The summed E-state index contributed by atoms with van der Waals surface area (Å²) >= 11 is 0. The highest BCUT2D eigenvalue weighted by Crippen LogP contribution is 2.14. The Morgan fingerprint density at radius 2 is 2.08 bits per heavy atom. The molecule has 0 saturated carbocycles. The van der Waals surface area contributed by atoms with E-state index >= 15 is 0 Å². The Morgan fingerprint density at radius 3 is 2.58 bits per heavy atom. The second kappa shape index (κ2) is 3.52. The molecule has 0 atom stereocenters. The Balaban J connectivity index is 2.85. The van der Waals surface area contributed by atoms with E-state index in [0.717, 1.165) is 0 Å². The van der Waals surface area contributed by atoms with E-state index in [-0.39, 0.29) is 6.10 Å². The first-order valence-electron chi connectivity index (χ1n) is 3.89. The standard InChI is InChI=1S/C9H12FNO/c1-6(2)12-8-4-7(3)11-9(10)5-8/h4-6H,1-3H3. The van der Waals surface area contributed by atoms with Crippen molar-refractivity contribution in [3.63, 3.8) is 0 Å². The number of nitrogens with zero attached hydrogens (tertiary/aromatic N) is 1. The Morgan fingerprint density at radius 1 is 1.42 bits per heavy atom. The zero-order valence-electron chi connectivity index (χ0n) is 7.47. The fourth-order valence-corrected chi connectivity index (χ4v) is 0.938. The van der Waals surface area contributed by atoms with Crippen molar-refractivity contribution in [2.24, 2.45) is 0 Å². The summed E-state index contributed by atoms with van der Waals surface area (Å²) in [6.45, 7) is 5.53. The lowest BCUT2D eigenvalue weighted by atomic mass is 10.3. The van der Waals surface area contributed by atoms with Crippen molar-refractivity contribution >= 4 is 0 Å². The first kappa shape index (κ1) is 8.97. The normalized spacial score (nSPS) is 10.4. The molecule has 1 aromatic heterocycles. The molecule has 0 bridgehead atoms. The van der Waals surface area contributed by atoms with Gasteiger partial charge in [0, 0.05) is 17.8 Å². The van der Waals surface area contributed by atoms with Gasteiger partial charge in [0.1, 0.15) is 5.75 Å². The maximum Gasteiger partial charge on any atom is 0.216 e. The van der Waals surface area contributed by atoms with E-state index in [1.54, 1.807) is 13.0 Å². The molecule has 0 aromatic carbocycles. The fourth-order valence-electron chi connectivity index (χ4n) is 0.938. The minimum Gasteiger partial charge on any atom is -0.491 e. The quantitative estimate of drug-likeness (QED) is 0.634. The van der Waals surface area contributed by atoms with Gasteiger partial charge in [0.2, 0.25) is 5.95 Å². The van der Waals surface area contributed by atoms with Crippen LogP contribution in [0.2, 0.25) is 0 Å². The number of aromatic nitrogens is 1. The molecule has 12 heavy (non-hydrogen) atoms. The van der Waals surface area contributed by atoms with Crippen LogP contribution in [0.15, 0.2) is 12.1 Å². The van der Waals surface area contributed by atoms with E-state index in [1.807, 2.05) is 13.8 Å². The van der Waals surface area contributed by atoms with Gasteiger partial charge in [-0.25, -0.2) is 4.98 Å². The number of halogens is 1. The molecular formula is C9H12FNO. The van der Waals surface area contributed by atoms with Crippen LogP contribution in [0.5, 0.6) is 5.75 Å². The Kier molecular flexibility index (Phi) is 2.63. The Bertz CT molecular complexity index is 253. The maximum absolute atomic E-state index is 12.7. The molecule has 2 nitrogen and oxygen atoms in total. The third-order valence-electron chi connectivity index (χ3n) is 1.27. The van der Waals surface area contributed by atoms with Gasteiger partial charge in [-0.1, -0.05) is 0 Å². The molecule has 0 amide bonds. The minimum absolute atomic E-state index is 0.0613. The Labute approximate surface area is 71.4 Å². The maximum atomic E-state index is 12.7. The largest absolute Gasteiger partial charge is 0.491 e. The number of hydrogen-bond donors (Lipinski definition) is 0. The van der Waals surface area contributed by atoms with Crippen LogP contribution in [0, 0.1) is 12.9 Å². The molecule has 1 aromatic rings. The third kappa shape index (κ3) is 2.49. The molecule has 66 valence electrons. The number of pyridine rings is 1. The summed E-state index contributed by atoms with van der Waals surface area (Å²) in [5.74, 6) is 0.0423. The van der Waals surface area contributed by atoms with Crippen LogP contribution in [0.3, 0.4) is 0 Å². The van der Waals surface area contributed by atoms with Crippen LogP contribution in [-0.4, -0.2) is 11.1 Å². The first-order chi connectivity index (χ1) is 5.58. The van der Waals surface area contributed by atoms with Gasteiger partial charge >= 0.3 is 0 Å². The van der Waals surface area contributed by atoms with Gasteiger partial charge < -0.3 is 4.74 Å². The van der Waals surface area contributed by atoms with Gasteiger partial charge in [-0.15, -0.1) is 0 Å². The third-order valence-corrected chi connectivity index (χ3v) is 1.27. The van der Waals surface area contributed by atoms with E-state index in [2.05, 4.69) is 4.98 Å². The van der Waals surface area contributed by atoms with Crippen molar-refractivity contribution in [2.45, 2.75) is 26.9 Å². The average Bonchev–Trinajstić information content (AvgIpc) is 1.81. The summed E-state index contributed by atoms with van der Waals surface area (Å²) < 4.78 is 18.0. The highest BCUT2D eigenvalue weighted by atomic mass is 19.1. The van der Waals surface area contributed by atoms with Crippen molar-refractivity contribution in [3.8, 4) is 5.75 Å².